The van der Waals surface area contributed by atoms with Crippen LogP contribution in [0, 0.1) is 34.5 Å². The van der Waals surface area contributed by atoms with Crippen LogP contribution in [0.5, 0.6) is 0 Å². The highest BCUT2D eigenvalue weighted by molar-refractivity contribution is 5.79. The zero-order valence-electron chi connectivity index (χ0n) is 18.8. The summed E-state index contributed by atoms with van der Waals surface area (Å²) in [6, 6.07) is 0. The van der Waals surface area contributed by atoms with E-state index in [1.807, 2.05) is 6.92 Å². The van der Waals surface area contributed by atoms with Crippen LogP contribution in [0.2, 0.25) is 0 Å². The Hall–Kier alpha value is -0.670. The molecule has 0 aromatic rings. The average Bonchev–Trinajstić information content (AvgIpc) is 3.06. The first kappa shape index (κ1) is 20.2. The van der Waals surface area contributed by atoms with Crippen molar-refractivity contribution in [3.8, 4) is 0 Å². The monoisotopic (exact) mass is 400 g/mol. The summed E-state index contributed by atoms with van der Waals surface area (Å²) in [6.45, 7) is 7.71. The van der Waals surface area contributed by atoms with Gasteiger partial charge < -0.3 is 9.47 Å². The Balaban J connectivity index is 1.32. The van der Waals surface area contributed by atoms with E-state index in [1.165, 1.54) is 51.4 Å². The fraction of sp³-hybridized carbons (Fsp3) is 0.885. The molecule has 3 nitrogen and oxygen atoms in total. The quantitative estimate of drug-likeness (QED) is 0.540. The number of carbonyl (C=O) groups is 1. The van der Waals surface area contributed by atoms with Crippen LogP contribution in [-0.4, -0.2) is 24.8 Å². The number of hydrogen-bond donors (Lipinski definition) is 0. The van der Waals surface area contributed by atoms with Crippen LogP contribution in [-0.2, 0) is 14.3 Å². The molecule has 4 aliphatic carbocycles. The van der Waals surface area contributed by atoms with Gasteiger partial charge in [0.05, 0.1) is 6.10 Å². The Morgan fingerprint density at radius 3 is 2.69 bits per heavy atom. The summed E-state index contributed by atoms with van der Waals surface area (Å²) < 4.78 is 12.2. The maximum Gasteiger partial charge on any atom is 0.157 e. The molecule has 0 aromatic carbocycles. The van der Waals surface area contributed by atoms with Gasteiger partial charge in [0.25, 0.3) is 0 Å². The van der Waals surface area contributed by atoms with Crippen molar-refractivity contribution < 1.29 is 14.3 Å². The van der Waals surface area contributed by atoms with E-state index in [2.05, 4.69) is 19.9 Å². The third-order valence-electron chi connectivity index (χ3n) is 10.0. The maximum atomic E-state index is 12.3. The van der Waals surface area contributed by atoms with Crippen molar-refractivity contribution in [1.29, 1.82) is 0 Å². The molecule has 5 rings (SSSR count). The largest absolute Gasteiger partial charge is 0.353 e. The minimum Gasteiger partial charge on any atom is -0.353 e. The molecule has 1 saturated heterocycles. The van der Waals surface area contributed by atoms with Crippen LogP contribution >= 0.6 is 0 Å². The van der Waals surface area contributed by atoms with Crippen molar-refractivity contribution in [2.24, 2.45) is 34.5 Å². The van der Waals surface area contributed by atoms with Crippen LogP contribution in [0.1, 0.15) is 91.4 Å². The highest BCUT2D eigenvalue weighted by atomic mass is 16.7. The second kappa shape index (κ2) is 7.48. The number of hydrogen-bond acceptors (Lipinski definition) is 3. The van der Waals surface area contributed by atoms with Gasteiger partial charge in [-0.05, 0) is 106 Å². The summed E-state index contributed by atoms with van der Waals surface area (Å²) in [5.74, 6) is 3.08. The summed E-state index contributed by atoms with van der Waals surface area (Å²) in [6.07, 6.45) is 16.2. The lowest BCUT2D eigenvalue weighted by molar-refractivity contribution is -0.195. The molecule has 29 heavy (non-hydrogen) atoms. The van der Waals surface area contributed by atoms with Gasteiger partial charge in [0.2, 0.25) is 0 Å². The van der Waals surface area contributed by atoms with Crippen LogP contribution < -0.4 is 0 Å². The summed E-state index contributed by atoms with van der Waals surface area (Å²) in [5, 5.41) is 0. The molecule has 162 valence electrons. The fourth-order valence-electron chi connectivity index (χ4n) is 8.44. The number of ether oxygens (including phenoxy) is 2. The van der Waals surface area contributed by atoms with Crippen molar-refractivity contribution in [2.45, 2.75) is 104 Å². The van der Waals surface area contributed by atoms with Crippen LogP contribution in [0.3, 0.4) is 0 Å². The van der Waals surface area contributed by atoms with E-state index in [0.29, 0.717) is 23.2 Å². The second-order valence-corrected chi connectivity index (χ2v) is 11.3. The minimum atomic E-state index is 0.0347. The van der Waals surface area contributed by atoms with Gasteiger partial charge in [-0.25, -0.2) is 0 Å². The third kappa shape index (κ3) is 3.26. The first-order valence-corrected chi connectivity index (χ1v) is 12.4. The van der Waals surface area contributed by atoms with Crippen molar-refractivity contribution >= 4 is 5.78 Å². The van der Waals surface area contributed by atoms with Gasteiger partial charge in [-0.15, -0.1) is 0 Å². The predicted octanol–water partition coefficient (Wildman–Crippen LogP) is 6.07. The molecule has 3 heteroatoms. The molecule has 3 saturated carbocycles. The Kier molecular flexibility index (Phi) is 5.22. The highest BCUT2D eigenvalue weighted by Crippen LogP contribution is 2.66. The van der Waals surface area contributed by atoms with Gasteiger partial charge in [0, 0.05) is 12.5 Å². The minimum absolute atomic E-state index is 0.0347. The molecule has 1 heterocycles. The Bertz CT molecular complexity index is 677. The second-order valence-electron chi connectivity index (χ2n) is 11.3. The molecule has 1 aliphatic heterocycles. The first-order chi connectivity index (χ1) is 13.9. The predicted molar refractivity (Wildman–Crippen MR) is 114 cm³/mol. The molecular weight excluding hydrogens is 360 g/mol. The standard InChI is InChI=1S/C26H40O3/c1-17(27)21-9-10-22-20-8-7-18-16-19(29-24-6-4-5-15-28-24)11-13-25(18,2)23(20)12-14-26(21,22)3/h7,19-24H,4-6,8-16H2,1-3H3/t19-,20+,21-,22+,23+,24+,25-,26+/m0/s1. The van der Waals surface area contributed by atoms with Crippen molar-refractivity contribution in [3.05, 3.63) is 11.6 Å². The van der Waals surface area contributed by atoms with Gasteiger partial charge in [-0.2, -0.15) is 0 Å². The fourth-order valence-corrected chi connectivity index (χ4v) is 8.44. The maximum absolute atomic E-state index is 12.3. The Labute approximate surface area is 177 Å². The lowest BCUT2D eigenvalue weighted by Crippen LogP contribution is -2.51. The lowest BCUT2D eigenvalue weighted by atomic mass is 9.47. The average molecular weight is 401 g/mol. The summed E-state index contributed by atoms with van der Waals surface area (Å²) in [7, 11) is 0. The zero-order valence-corrected chi connectivity index (χ0v) is 18.8. The number of carbonyl (C=O) groups excluding carboxylic acids is 1. The number of allylic oxidation sites excluding steroid dienone is 1. The van der Waals surface area contributed by atoms with Gasteiger partial charge in [-0.3, -0.25) is 4.79 Å². The molecular formula is C26H40O3. The van der Waals surface area contributed by atoms with Crippen molar-refractivity contribution in [1.82, 2.24) is 0 Å². The molecule has 4 fully saturated rings. The molecule has 8 atom stereocenters. The molecule has 0 radical (unpaired) electrons. The van der Waals surface area contributed by atoms with Crippen molar-refractivity contribution in [2.75, 3.05) is 6.61 Å². The van der Waals surface area contributed by atoms with Crippen LogP contribution in [0.15, 0.2) is 11.6 Å². The molecule has 0 N–H and O–H groups in total. The topological polar surface area (TPSA) is 35.5 Å². The molecule has 5 aliphatic rings. The molecule has 0 bridgehead atoms. The van der Waals surface area contributed by atoms with E-state index in [0.717, 1.165) is 43.6 Å². The van der Waals surface area contributed by atoms with Crippen LogP contribution in [0.25, 0.3) is 0 Å². The van der Waals surface area contributed by atoms with E-state index in [-0.39, 0.29) is 11.7 Å². The van der Waals surface area contributed by atoms with E-state index < -0.39 is 0 Å². The Morgan fingerprint density at radius 2 is 1.93 bits per heavy atom. The summed E-state index contributed by atoms with van der Waals surface area (Å²) in [5.41, 5.74) is 2.29. The smallest absolute Gasteiger partial charge is 0.157 e. The molecule has 0 spiro atoms. The van der Waals surface area contributed by atoms with E-state index in [1.54, 1.807) is 5.57 Å². The highest BCUT2D eigenvalue weighted by Gasteiger charge is 2.59. The van der Waals surface area contributed by atoms with Crippen LogP contribution in [0.4, 0.5) is 0 Å². The van der Waals surface area contributed by atoms with E-state index >= 15 is 0 Å². The zero-order chi connectivity index (χ0) is 20.2. The summed E-state index contributed by atoms with van der Waals surface area (Å²) >= 11 is 0. The number of fused-ring (bicyclic) bond motifs is 5. The number of Topliss-reactive ketones (excluding diaryl/α,β-unsaturated/α-hetero) is 1. The molecule has 0 amide bonds. The Morgan fingerprint density at radius 1 is 1.07 bits per heavy atom. The lowest BCUT2D eigenvalue weighted by Gasteiger charge is -2.58. The SMILES string of the molecule is CC(=O)[C@@H]1CC[C@@H]2[C@H]3CC=C4C[C@@H](O[C@@H]5CCCCO5)CC[C@]4(C)[C@@H]3CC[C@@]21C. The van der Waals surface area contributed by atoms with Gasteiger partial charge in [0.15, 0.2) is 6.29 Å². The van der Waals surface area contributed by atoms with Gasteiger partial charge in [0.1, 0.15) is 5.78 Å². The number of ketones is 1. The van der Waals surface area contributed by atoms with Crippen molar-refractivity contribution in [3.63, 3.8) is 0 Å². The number of rotatable bonds is 3. The normalized spacial score (nSPS) is 49.6. The van der Waals surface area contributed by atoms with E-state index in [4.69, 9.17) is 9.47 Å². The van der Waals surface area contributed by atoms with E-state index in [9.17, 15) is 4.79 Å². The first-order valence-electron chi connectivity index (χ1n) is 12.4. The molecule has 0 unspecified atom stereocenters. The molecule has 0 aromatic heterocycles. The van der Waals surface area contributed by atoms with Gasteiger partial charge in [-0.1, -0.05) is 25.5 Å². The van der Waals surface area contributed by atoms with Gasteiger partial charge >= 0.3 is 0 Å². The summed E-state index contributed by atoms with van der Waals surface area (Å²) in [4.78, 5) is 12.3. The third-order valence-corrected chi connectivity index (χ3v) is 10.0.